The number of anilines is 1. The van der Waals surface area contributed by atoms with Crippen molar-refractivity contribution in [2.75, 3.05) is 10.8 Å². The summed E-state index contributed by atoms with van der Waals surface area (Å²) in [6, 6.07) is 17.5. The number of para-hydroxylation sites is 1. The van der Waals surface area contributed by atoms with Gasteiger partial charge in [-0.1, -0.05) is 61.7 Å². The molecule has 0 amide bonds. The largest absolute Gasteiger partial charge is 0.283 e. The van der Waals surface area contributed by atoms with Crippen LogP contribution in [-0.2, 0) is 16.3 Å². The quantitative estimate of drug-likeness (QED) is 0.154. The molecule has 0 fully saturated rings. The standard InChI is InChI=1S/C23H34N4O2S/c1-19(2)30(28,29)18-10-5-3-4-7-11-20-14-16-21(17-15-20)23(24)27(26-25)22-12-8-6-9-13-22/h6,8-9,12-17,19,24,26H,3-5,7,10-11,18,25H2,1-2H3. The van der Waals surface area contributed by atoms with Gasteiger partial charge in [-0.2, -0.15) is 5.53 Å². The number of sulfone groups is 1. The van der Waals surface area contributed by atoms with Gasteiger partial charge in [-0.05, 0) is 50.8 Å². The van der Waals surface area contributed by atoms with Crippen molar-refractivity contribution in [1.29, 1.82) is 5.41 Å². The second-order valence-corrected chi connectivity index (χ2v) is 10.5. The summed E-state index contributed by atoms with van der Waals surface area (Å²) in [6.07, 6.45) is 5.93. The highest BCUT2D eigenvalue weighted by molar-refractivity contribution is 7.91. The number of hydrogen-bond donors (Lipinski definition) is 3. The molecule has 2 aromatic carbocycles. The lowest BCUT2D eigenvalue weighted by Crippen LogP contribution is -2.47. The van der Waals surface area contributed by atoms with Crippen molar-refractivity contribution in [3.05, 3.63) is 65.7 Å². The van der Waals surface area contributed by atoms with E-state index in [9.17, 15) is 8.42 Å². The summed E-state index contributed by atoms with van der Waals surface area (Å²) in [6.45, 7) is 3.49. The smallest absolute Gasteiger partial charge is 0.152 e. The van der Waals surface area contributed by atoms with Crippen LogP contribution in [0.2, 0.25) is 0 Å². The summed E-state index contributed by atoms with van der Waals surface area (Å²) in [5.41, 5.74) is 5.40. The van der Waals surface area contributed by atoms with Gasteiger partial charge in [-0.3, -0.25) is 11.3 Å². The summed E-state index contributed by atoms with van der Waals surface area (Å²) in [5, 5.41) is 9.70. The van der Waals surface area contributed by atoms with Crippen molar-refractivity contribution in [2.45, 2.75) is 57.6 Å². The van der Waals surface area contributed by atoms with Crippen LogP contribution in [0.15, 0.2) is 54.6 Å². The van der Waals surface area contributed by atoms with Crippen molar-refractivity contribution in [3.8, 4) is 0 Å². The molecule has 6 nitrogen and oxygen atoms in total. The summed E-state index contributed by atoms with van der Waals surface area (Å²) >= 11 is 0. The van der Waals surface area contributed by atoms with Crippen LogP contribution >= 0.6 is 0 Å². The number of nitrogens with two attached hydrogens (primary N) is 1. The van der Waals surface area contributed by atoms with Crippen LogP contribution in [0, 0.1) is 5.41 Å². The Hall–Kier alpha value is -2.22. The van der Waals surface area contributed by atoms with Gasteiger partial charge in [0.25, 0.3) is 0 Å². The fourth-order valence-corrected chi connectivity index (χ4v) is 4.28. The van der Waals surface area contributed by atoms with Crippen molar-refractivity contribution in [2.24, 2.45) is 5.84 Å². The highest BCUT2D eigenvalue weighted by atomic mass is 32.2. The van der Waals surface area contributed by atoms with Crippen molar-refractivity contribution in [1.82, 2.24) is 5.53 Å². The molecule has 164 valence electrons. The molecule has 0 bridgehead atoms. The lowest BCUT2D eigenvalue weighted by molar-refractivity contribution is 0.577. The molecule has 0 saturated heterocycles. The van der Waals surface area contributed by atoms with Gasteiger partial charge < -0.3 is 0 Å². The van der Waals surface area contributed by atoms with E-state index in [1.165, 1.54) is 10.6 Å². The van der Waals surface area contributed by atoms with E-state index in [2.05, 4.69) is 17.7 Å². The maximum atomic E-state index is 11.8. The second kappa shape index (κ2) is 11.8. The molecule has 0 heterocycles. The fraction of sp³-hybridized carbons (Fsp3) is 0.435. The third-order valence-corrected chi connectivity index (χ3v) is 7.50. The molecule has 0 unspecified atom stereocenters. The normalized spacial score (nSPS) is 11.6. The molecule has 30 heavy (non-hydrogen) atoms. The lowest BCUT2D eigenvalue weighted by atomic mass is 10.0. The lowest BCUT2D eigenvalue weighted by Gasteiger charge is -2.23. The zero-order valence-electron chi connectivity index (χ0n) is 18.0. The molecule has 4 N–H and O–H groups in total. The fourth-order valence-electron chi connectivity index (χ4n) is 3.20. The summed E-state index contributed by atoms with van der Waals surface area (Å²) < 4.78 is 23.6. The van der Waals surface area contributed by atoms with Gasteiger partial charge >= 0.3 is 0 Å². The van der Waals surface area contributed by atoms with Crippen LogP contribution in [-0.4, -0.2) is 25.3 Å². The van der Waals surface area contributed by atoms with Crippen molar-refractivity contribution in [3.63, 3.8) is 0 Å². The van der Waals surface area contributed by atoms with E-state index >= 15 is 0 Å². The van der Waals surface area contributed by atoms with E-state index in [-0.39, 0.29) is 11.1 Å². The molecule has 0 atom stereocenters. The van der Waals surface area contributed by atoms with Gasteiger partial charge in [0.05, 0.1) is 16.7 Å². The topological polar surface area (TPSA) is 99.3 Å². The molecule has 0 spiro atoms. The Balaban J connectivity index is 1.75. The predicted molar refractivity (Wildman–Crippen MR) is 125 cm³/mol. The molecule has 0 saturated carbocycles. The number of nitrogens with zero attached hydrogens (tertiary/aromatic N) is 1. The van der Waals surface area contributed by atoms with Gasteiger partial charge in [0, 0.05) is 5.56 Å². The molecular formula is C23H34N4O2S. The van der Waals surface area contributed by atoms with Crippen LogP contribution in [0.5, 0.6) is 0 Å². The number of rotatable bonds is 12. The first kappa shape index (κ1) is 24.1. The summed E-state index contributed by atoms with van der Waals surface area (Å²) in [4.78, 5) is 0. The van der Waals surface area contributed by atoms with Gasteiger partial charge in [0.1, 0.15) is 5.84 Å². The second-order valence-electron chi connectivity index (χ2n) is 7.78. The number of unbranched alkanes of at least 4 members (excludes halogenated alkanes) is 4. The van der Waals surface area contributed by atoms with E-state index in [4.69, 9.17) is 11.3 Å². The van der Waals surface area contributed by atoms with Gasteiger partial charge in [0.15, 0.2) is 9.84 Å². The van der Waals surface area contributed by atoms with E-state index in [1.807, 2.05) is 42.5 Å². The SMILES string of the molecule is CC(C)S(=O)(=O)CCCCCCCc1ccc(C(=N)N(NN)c2ccccc2)cc1. The molecular weight excluding hydrogens is 396 g/mol. The molecule has 0 aliphatic heterocycles. The Morgan fingerprint density at radius 3 is 2.17 bits per heavy atom. The predicted octanol–water partition coefficient (Wildman–Crippen LogP) is 4.21. The van der Waals surface area contributed by atoms with Gasteiger partial charge in [-0.25, -0.2) is 13.4 Å². The highest BCUT2D eigenvalue weighted by Crippen LogP contribution is 2.16. The Morgan fingerprint density at radius 1 is 0.967 bits per heavy atom. The minimum absolute atomic E-state index is 0.276. The van der Waals surface area contributed by atoms with Gasteiger partial charge in [-0.15, -0.1) is 0 Å². The number of benzene rings is 2. The third kappa shape index (κ3) is 7.23. The highest BCUT2D eigenvalue weighted by Gasteiger charge is 2.15. The van der Waals surface area contributed by atoms with Crippen LogP contribution in [0.1, 0.15) is 57.1 Å². The third-order valence-electron chi connectivity index (χ3n) is 5.21. The molecule has 0 aliphatic carbocycles. The average molecular weight is 431 g/mol. The Labute approximate surface area is 180 Å². The summed E-state index contributed by atoms with van der Waals surface area (Å²) in [5.74, 6) is 6.21. The first-order valence-corrected chi connectivity index (χ1v) is 12.3. The monoisotopic (exact) mass is 430 g/mol. The molecule has 0 radical (unpaired) electrons. The maximum Gasteiger partial charge on any atom is 0.152 e. The zero-order valence-corrected chi connectivity index (χ0v) is 18.8. The molecule has 7 heteroatoms. The van der Waals surface area contributed by atoms with E-state index in [0.717, 1.165) is 49.8 Å². The number of nitrogens with one attached hydrogen (secondary N) is 2. The van der Waals surface area contributed by atoms with E-state index < -0.39 is 9.84 Å². The first-order valence-electron chi connectivity index (χ1n) is 10.6. The van der Waals surface area contributed by atoms with Crippen molar-refractivity contribution < 1.29 is 8.42 Å². The Morgan fingerprint density at radius 2 is 1.57 bits per heavy atom. The van der Waals surface area contributed by atoms with E-state index in [0.29, 0.717) is 5.75 Å². The number of amidine groups is 1. The van der Waals surface area contributed by atoms with E-state index in [1.54, 1.807) is 13.8 Å². The molecule has 0 aliphatic rings. The zero-order chi connectivity index (χ0) is 22.0. The first-order chi connectivity index (χ1) is 14.3. The van der Waals surface area contributed by atoms with Crippen LogP contribution in [0.4, 0.5) is 5.69 Å². The number of hydrogen-bond acceptors (Lipinski definition) is 5. The van der Waals surface area contributed by atoms with Crippen LogP contribution in [0.3, 0.4) is 0 Å². The minimum atomic E-state index is -2.90. The molecule has 2 aromatic rings. The minimum Gasteiger partial charge on any atom is -0.283 e. The maximum absolute atomic E-state index is 11.8. The van der Waals surface area contributed by atoms with Crippen LogP contribution in [0.25, 0.3) is 0 Å². The number of aryl methyl sites for hydroxylation is 1. The van der Waals surface area contributed by atoms with Crippen molar-refractivity contribution >= 4 is 21.4 Å². The van der Waals surface area contributed by atoms with Gasteiger partial charge in [0.2, 0.25) is 0 Å². The summed E-state index contributed by atoms with van der Waals surface area (Å²) in [7, 11) is -2.90. The molecule has 2 rings (SSSR count). The van der Waals surface area contributed by atoms with Crippen LogP contribution < -0.4 is 16.4 Å². The Kier molecular flexibility index (Phi) is 9.49. The Bertz CT molecular complexity index is 881. The average Bonchev–Trinajstić information content (AvgIpc) is 2.74. The molecule has 0 aromatic heterocycles. The number of hydrazine groups is 2.